The van der Waals surface area contributed by atoms with Gasteiger partial charge in [0.15, 0.2) is 0 Å². The lowest BCUT2D eigenvalue weighted by molar-refractivity contribution is -0.124. The lowest BCUT2D eigenvalue weighted by Crippen LogP contribution is -2.40. The summed E-state index contributed by atoms with van der Waals surface area (Å²) in [6.07, 6.45) is 1.58. The number of amides is 4. The van der Waals surface area contributed by atoms with Crippen LogP contribution in [-0.4, -0.2) is 71.1 Å². The van der Waals surface area contributed by atoms with Crippen LogP contribution < -0.4 is 0 Å². The van der Waals surface area contributed by atoms with Crippen LogP contribution in [0.2, 0.25) is 0 Å². The van der Waals surface area contributed by atoms with Crippen molar-refractivity contribution in [3.63, 3.8) is 0 Å². The van der Waals surface area contributed by atoms with Gasteiger partial charge in [-0.2, -0.15) is 0 Å². The Morgan fingerprint density at radius 1 is 1.13 bits per heavy atom. The van der Waals surface area contributed by atoms with E-state index in [1.54, 1.807) is 20.8 Å². The first-order valence-corrected chi connectivity index (χ1v) is 7.81. The normalized spacial score (nSPS) is 19.1. The van der Waals surface area contributed by atoms with E-state index >= 15 is 0 Å². The molecule has 0 bridgehead atoms. The number of carbonyl (C=O) groups is 3. The summed E-state index contributed by atoms with van der Waals surface area (Å²) in [5.74, 6) is 5.38. The van der Waals surface area contributed by atoms with Crippen molar-refractivity contribution in [3.8, 4) is 11.8 Å². The first kappa shape index (κ1) is 17.3. The van der Waals surface area contributed by atoms with Gasteiger partial charge in [0.1, 0.15) is 12.1 Å². The molecule has 2 saturated heterocycles. The maximum absolute atomic E-state index is 12.1. The van der Waals surface area contributed by atoms with Crippen LogP contribution in [0.5, 0.6) is 0 Å². The molecular weight excluding hydrogens is 298 g/mol. The molecule has 0 unspecified atom stereocenters. The molecule has 7 heteroatoms. The SMILES string of the molecule is CC(C)(C)OC(=O)N1CC(=O)N(CC#CCN2CCCC2)C1=O. The van der Waals surface area contributed by atoms with Gasteiger partial charge in [0, 0.05) is 0 Å². The molecule has 2 fully saturated rings. The average Bonchev–Trinajstić information content (AvgIpc) is 3.03. The van der Waals surface area contributed by atoms with Gasteiger partial charge < -0.3 is 4.74 Å². The Morgan fingerprint density at radius 3 is 2.35 bits per heavy atom. The number of nitrogens with zero attached hydrogens (tertiary/aromatic N) is 3. The van der Waals surface area contributed by atoms with E-state index in [0.717, 1.165) is 22.9 Å². The Labute approximate surface area is 136 Å². The molecule has 0 aromatic rings. The van der Waals surface area contributed by atoms with Crippen molar-refractivity contribution >= 4 is 18.0 Å². The molecule has 2 aliphatic rings. The smallest absolute Gasteiger partial charge is 0.419 e. The van der Waals surface area contributed by atoms with Gasteiger partial charge in [-0.05, 0) is 46.7 Å². The van der Waals surface area contributed by atoms with Gasteiger partial charge in [0.05, 0.1) is 13.1 Å². The van der Waals surface area contributed by atoms with Crippen LogP contribution in [0.4, 0.5) is 9.59 Å². The van der Waals surface area contributed by atoms with Crippen molar-refractivity contribution in [1.29, 1.82) is 0 Å². The molecule has 0 saturated carbocycles. The molecule has 2 rings (SSSR count). The zero-order valence-corrected chi connectivity index (χ0v) is 13.9. The van der Waals surface area contributed by atoms with E-state index in [1.165, 1.54) is 12.8 Å². The molecular formula is C16H23N3O4. The topological polar surface area (TPSA) is 70.2 Å². The highest BCUT2D eigenvalue weighted by Crippen LogP contribution is 2.15. The predicted octanol–water partition coefficient (Wildman–Crippen LogP) is 1.28. The van der Waals surface area contributed by atoms with Crippen LogP contribution in [0.3, 0.4) is 0 Å². The Morgan fingerprint density at radius 2 is 1.74 bits per heavy atom. The van der Waals surface area contributed by atoms with Gasteiger partial charge in [-0.1, -0.05) is 11.8 Å². The molecule has 0 radical (unpaired) electrons. The van der Waals surface area contributed by atoms with Gasteiger partial charge in [-0.15, -0.1) is 0 Å². The van der Waals surface area contributed by atoms with E-state index in [0.29, 0.717) is 6.54 Å². The maximum Gasteiger partial charge on any atom is 0.419 e. The zero-order valence-electron chi connectivity index (χ0n) is 13.9. The molecule has 23 heavy (non-hydrogen) atoms. The monoisotopic (exact) mass is 321 g/mol. The second-order valence-corrected chi connectivity index (χ2v) is 6.67. The molecule has 2 heterocycles. The minimum absolute atomic E-state index is 0.00477. The summed E-state index contributed by atoms with van der Waals surface area (Å²) < 4.78 is 5.13. The minimum Gasteiger partial charge on any atom is -0.443 e. The van der Waals surface area contributed by atoms with Gasteiger partial charge in [-0.25, -0.2) is 14.5 Å². The Kier molecular flexibility index (Phi) is 5.26. The van der Waals surface area contributed by atoms with E-state index in [1.807, 2.05) is 0 Å². The lowest BCUT2D eigenvalue weighted by atomic mass is 10.2. The summed E-state index contributed by atoms with van der Waals surface area (Å²) in [6.45, 7) is 7.56. The fraction of sp³-hybridized carbons (Fsp3) is 0.688. The Hall–Kier alpha value is -2.07. The summed E-state index contributed by atoms with van der Waals surface area (Å²) in [4.78, 5) is 40.0. The molecule has 0 spiro atoms. The van der Waals surface area contributed by atoms with Gasteiger partial charge in [0.25, 0.3) is 5.91 Å². The highest BCUT2D eigenvalue weighted by Gasteiger charge is 2.41. The number of urea groups is 1. The number of hydrogen-bond donors (Lipinski definition) is 0. The van der Waals surface area contributed by atoms with Gasteiger partial charge >= 0.3 is 12.1 Å². The molecule has 4 amide bonds. The first-order chi connectivity index (χ1) is 10.8. The van der Waals surface area contributed by atoms with Crippen molar-refractivity contribution in [2.24, 2.45) is 0 Å². The number of hydrogen-bond acceptors (Lipinski definition) is 5. The summed E-state index contributed by atoms with van der Waals surface area (Å²) in [7, 11) is 0. The van der Waals surface area contributed by atoms with Gasteiger partial charge in [0.2, 0.25) is 0 Å². The van der Waals surface area contributed by atoms with Crippen molar-refractivity contribution in [2.75, 3.05) is 32.7 Å². The highest BCUT2D eigenvalue weighted by molar-refractivity contribution is 6.08. The molecule has 7 nitrogen and oxygen atoms in total. The van der Waals surface area contributed by atoms with Crippen LogP contribution in [-0.2, 0) is 9.53 Å². The lowest BCUT2D eigenvalue weighted by Gasteiger charge is -2.22. The van der Waals surface area contributed by atoms with E-state index < -0.39 is 23.6 Å². The predicted molar refractivity (Wildman–Crippen MR) is 83.5 cm³/mol. The van der Waals surface area contributed by atoms with Crippen LogP contribution in [0.15, 0.2) is 0 Å². The highest BCUT2D eigenvalue weighted by atomic mass is 16.6. The molecule has 0 aliphatic carbocycles. The van der Waals surface area contributed by atoms with E-state index in [9.17, 15) is 14.4 Å². The second-order valence-electron chi connectivity index (χ2n) is 6.67. The largest absolute Gasteiger partial charge is 0.443 e. The van der Waals surface area contributed by atoms with Crippen LogP contribution in [0.25, 0.3) is 0 Å². The third kappa shape index (κ3) is 4.70. The van der Waals surface area contributed by atoms with Crippen molar-refractivity contribution in [2.45, 2.75) is 39.2 Å². The standard InChI is InChI=1S/C16H23N3O4/c1-16(2,3)23-15(22)19-12-13(20)18(14(19)21)11-7-6-10-17-8-4-5-9-17/h4-5,8-12H2,1-3H3. The third-order valence-electron chi connectivity index (χ3n) is 3.53. The van der Waals surface area contributed by atoms with Crippen LogP contribution in [0, 0.1) is 11.8 Å². The molecule has 0 aromatic heterocycles. The number of carbonyl (C=O) groups excluding carboxylic acids is 3. The zero-order chi connectivity index (χ0) is 17.0. The quantitative estimate of drug-likeness (QED) is 0.566. The molecule has 126 valence electrons. The molecule has 0 aromatic carbocycles. The number of likely N-dealkylation sites (tertiary alicyclic amines) is 1. The van der Waals surface area contributed by atoms with Crippen molar-refractivity contribution in [3.05, 3.63) is 0 Å². The fourth-order valence-electron chi connectivity index (χ4n) is 2.40. The minimum atomic E-state index is -0.802. The second kappa shape index (κ2) is 7.01. The number of rotatable bonds is 2. The summed E-state index contributed by atoms with van der Waals surface area (Å²) in [6, 6.07) is -0.667. The van der Waals surface area contributed by atoms with Crippen molar-refractivity contribution in [1.82, 2.24) is 14.7 Å². The van der Waals surface area contributed by atoms with Crippen LogP contribution in [0.1, 0.15) is 33.6 Å². The summed E-state index contributed by atoms with van der Waals surface area (Å²) in [5.41, 5.74) is -0.719. The van der Waals surface area contributed by atoms with E-state index in [2.05, 4.69) is 16.7 Å². The van der Waals surface area contributed by atoms with Crippen LogP contribution >= 0.6 is 0 Å². The Bertz CT molecular complexity index is 550. The van der Waals surface area contributed by atoms with E-state index in [-0.39, 0.29) is 13.1 Å². The maximum atomic E-state index is 12.1. The molecule has 0 N–H and O–H groups in total. The molecule has 2 aliphatic heterocycles. The van der Waals surface area contributed by atoms with Gasteiger partial charge in [-0.3, -0.25) is 14.6 Å². The summed E-state index contributed by atoms with van der Waals surface area (Å²) >= 11 is 0. The number of imide groups is 2. The first-order valence-electron chi connectivity index (χ1n) is 7.81. The number of ether oxygens (including phenoxy) is 1. The van der Waals surface area contributed by atoms with E-state index in [4.69, 9.17) is 4.74 Å². The Balaban J connectivity index is 1.88. The third-order valence-corrected chi connectivity index (χ3v) is 3.53. The fourth-order valence-corrected chi connectivity index (χ4v) is 2.40. The molecule has 0 atom stereocenters. The van der Waals surface area contributed by atoms with Crippen molar-refractivity contribution < 1.29 is 19.1 Å². The average molecular weight is 321 g/mol. The summed E-state index contributed by atoms with van der Waals surface area (Å²) in [5, 5.41) is 0.